The molecule has 4 atom stereocenters. The first-order valence-corrected chi connectivity index (χ1v) is 19.5. The first kappa shape index (κ1) is 39.1. The summed E-state index contributed by atoms with van der Waals surface area (Å²) in [5.41, 5.74) is 3.78. The van der Waals surface area contributed by atoms with Crippen molar-refractivity contribution in [1.82, 2.24) is 34.4 Å². The number of aromatic nitrogens is 4. The minimum atomic E-state index is -1.50. The van der Waals surface area contributed by atoms with Gasteiger partial charge in [-0.25, -0.2) is 24.6 Å². The average Bonchev–Trinajstić information content (AvgIpc) is 3.80. The van der Waals surface area contributed by atoms with Gasteiger partial charge in [-0.1, -0.05) is 91.0 Å². The summed E-state index contributed by atoms with van der Waals surface area (Å²) >= 11 is 0. The van der Waals surface area contributed by atoms with Crippen molar-refractivity contribution in [2.75, 3.05) is 27.3 Å². The second kappa shape index (κ2) is 18.2. The number of nitrogens with one attached hydrogen (secondary N) is 1. The summed E-state index contributed by atoms with van der Waals surface area (Å²) in [6.45, 7) is 9.07. The number of imidazole rings is 1. The van der Waals surface area contributed by atoms with E-state index in [9.17, 15) is 5.26 Å². The van der Waals surface area contributed by atoms with E-state index in [0.717, 1.165) is 16.7 Å². The number of nitriles is 1. The summed E-state index contributed by atoms with van der Waals surface area (Å²) in [4.78, 5) is 20.1. The van der Waals surface area contributed by atoms with E-state index in [1.165, 1.54) is 6.33 Å². The summed E-state index contributed by atoms with van der Waals surface area (Å²) in [6, 6.07) is 34.0. The summed E-state index contributed by atoms with van der Waals surface area (Å²) in [5, 5.41) is 13.5. The number of nitrogens with zero attached hydrogens (tertiary/aromatic N) is 8. The quantitative estimate of drug-likeness (QED) is 0.0335. The Morgan fingerprint density at radius 3 is 2.06 bits per heavy atom. The van der Waals surface area contributed by atoms with Gasteiger partial charge in [-0.15, -0.1) is 0 Å². The number of hydrogen-bond acceptors (Lipinski definition) is 10. The van der Waals surface area contributed by atoms with Crippen molar-refractivity contribution in [3.63, 3.8) is 0 Å². The zero-order valence-corrected chi connectivity index (χ0v) is 32.8. The number of aliphatic imine (C=N–C) groups is 1. The Morgan fingerprint density at radius 1 is 0.926 bits per heavy atom. The topological polar surface area (TPSA) is 126 Å². The van der Waals surface area contributed by atoms with Gasteiger partial charge in [-0.05, 0) is 44.4 Å². The van der Waals surface area contributed by atoms with E-state index >= 15 is 0 Å². The van der Waals surface area contributed by atoms with Crippen LogP contribution in [0, 0.1) is 11.3 Å². The Morgan fingerprint density at radius 2 is 1.52 bits per heavy atom. The minimum Gasteiger partial charge on any atom is -0.369 e. The van der Waals surface area contributed by atoms with Crippen LogP contribution in [0.1, 0.15) is 63.5 Å². The van der Waals surface area contributed by atoms with E-state index in [4.69, 9.17) is 18.8 Å². The van der Waals surface area contributed by atoms with E-state index in [1.54, 1.807) is 12.7 Å². The monoisotopic (exact) mass is 747 g/mol. The fraction of sp³-hybridized carbons (Fsp3) is 0.390. The van der Waals surface area contributed by atoms with Crippen LogP contribution < -0.4 is 5.32 Å². The first-order chi connectivity index (χ1) is 26.2. The van der Waals surface area contributed by atoms with Gasteiger partial charge in [0.05, 0.1) is 50.0 Å². The number of ether oxygens (including phenoxy) is 1. The molecule has 3 aromatic carbocycles. The fourth-order valence-electron chi connectivity index (χ4n) is 7.07. The van der Waals surface area contributed by atoms with Crippen molar-refractivity contribution < 1.29 is 13.8 Å². The number of rotatable bonds is 17. The number of hydrogen-bond donors (Lipinski definition) is 1. The molecule has 282 valence electrons. The van der Waals surface area contributed by atoms with Crippen LogP contribution >= 0.6 is 8.53 Å². The lowest BCUT2D eigenvalue weighted by Gasteiger charge is -2.40. The molecular formula is C41H50N9O3P. The summed E-state index contributed by atoms with van der Waals surface area (Å²) in [6.07, 6.45) is 4.99. The molecular weight excluding hydrogens is 697 g/mol. The van der Waals surface area contributed by atoms with Crippen LogP contribution in [-0.4, -0.2) is 87.0 Å². The molecule has 2 aromatic heterocycles. The molecule has 0 radical (unpaired) electrons. The molecule has 5 aromatic rings. The van der Waals surface area contributed by atoms with Crippen LogP contribution in [0.25, 0.3) is 11.2 Å². The van der Waals surface area contributed by atoms with Crippen molar-refractivity contribution in [3.05, 3.63) is 120 Å². The van der Waals surface area contributed by atoms with Crippen molar-refractivity contribution >= 4 is 31.8 Å². The maximum Gasteiger partial charge on any atom is 0.259 e. The van der Waals surface area contributed by atoms with Crippen molar-refractivity contribution in [2.45, 2.75) is 76.5 Å². The van der Waals surface area contributed by atoms with Crippen LogP contribution in [-0.2, 0) is 19.3 Å². The normalized spacial score (nSPS) is 18.3. The Bertz CT molecular complexity index is 1880. The summed E-state index contributed by atoms with van der Waals surface area (Å²) in [5.74, 6) is 0.485. The van der Waals surface area contributed by atoms with Crippen molar-refractivity contribution in [3.8, 4) is 6.07 Å². The molecule has 3 heterocycles. The van der Waals surface area contributed by atoms with E-state index in [2.05, 4.69) is 132 Å². The molecule has 13 heteroatoms. The third kappa shape index (κ3) is 8.68. The largest absolute Gasteiger partial charge is 0.369 e. The van der Waals surface area contributed by atoms with E-state index in [1.807, 2.05) is 41.8 Å². The maximum absolute atomic E-state index is 9.30. The van der Waals surface area contributed by atoms with Gasteiger partial charge in [0.15, 0.2) is 17.0 Å². The molecule has 0 spiro atoms. The Balaban J connectivity index is 1.43. The molecule has 0 bridgehead atoms. The smallest absolute Gasteiger partial charge is 0.259 e. The lowest BCUT2D eigenvalue weighted by atomic mass is 9.76. The second-order valence-electron chi connectivity index (χ2n) is 14.0. The van der Waals surface area contributed by atoms with Gasteiger partial charge in [0.25, 0.3) is 8.53 Å². The highest BCUT2D eigenvalue weighted by molar-refractivity contribution is 7.44. The first-order valence-electron chi connectivity index (χ1n) is 18.4. The molecule has 0 aliphatic carbocycles. The minimum absolute atomic E-state index is 0.160. The van der Waals surface area contributed by atoms with Gasteiger partial charge >= 0.3 is 0 Å². The molecule has 1 aliphatic rings. The third-order valence-electron chi connectivity index (χ3n) is 9.33. The van der Waals surface area contributed by atoms with Gasteiger partial charge in [0, 0.05) is 38.6 Å². The SMILES string of the molecule is CC(C)N(C(C)C)P(OCCC#N)OCC1OC(n2cnc3c(N=CN(C)C)ncnc32)CC1NC(c1ccccc1)(c1ccccc1)c1ccccc1. The van der Waals surface area contributed by atoms with Gasteiger partial charge in [-0.2, -0.15) is 5.26 Å². The molecule has 1 aliphatic heterocycles. The van der Waals surface area contributed by atoms with Crippen LogP contribution in [0.2, 0.25) is 0 Å². The van der Waals surface area contributed by atoms with Crippen LogP contribution in [0.3, 0.4) is 0 Å². The molecule has 54 heavy (non-hydrogen) atoms. The molecule has 0 amide bonds. The summed E-state index contributed by atoms with van der Waals surface area (Å²) in [7, 11) is 2.31. The molecule has 1 N–H and O–H groups in total. The van der Waals surface area contributed by atoms with Crippen LogP contribution in [0.15, 0.2) is 109 Å². The number of fused-ring (bicyclic) bond motifs is 1. The Labute approximate surface area is 319 Å². The Kier molecular flexibility index (Phi) is 13.1. The van der Waals surface area contributed by atoms with Gasteiger partial charge in [0.1, 0.15) is 12.6 Å². The van der Waals surface area contributed by atoms with Crippen molar-refractivity contribution in [2.24, 2.45) is 4.99 Å². The van der Waals surface area contributed by atoms with Gasteiger partial charge < -0.3 is 18.7 Å². The lowest BCUT2D eigenvalue weighted by molar-refractivity contribution is -0.0242. The Hall–Kier alpha value is -4.60. The highest BCUT2D eigenvalue weighted by Gasteiger charge is 2.45. The van der Waals surface area contributed by atoms with Gasteiger partial charge in [-0.3, -0.25) is 9.88 Å². The predicted molar refractivity (Wildman–Crippen MR) is 213 cm³/mol. The van der Waals surface area contributed by atoms with Crippen molar-refractivity contribution in [1.29, 1.82) is 5.26 Å². The molecule has 1 fully saturated rings. The molecule has 12 nitrogen and oxygen atoms in total. The average molecular weight is 748 g/mol. The highest BCUT2D eigenvalue weighted by Crippen LogP contribution is 2.47. The van der Waals surface area contributed by atoms with Crippen LogP contribution in [0.4, 0.5) is 5.82 Å². The molecule has 6 rings (SSSR count). The lowest BCUT2D eigenvalue weighted by Crippen LogP contribution is -2.53. The zero-order valence-electron chi connectivity index (χ0n) is 31.9. The van der Waals surface area contributed by atoms with E-state index < -0.39 is 26.4 Å². The standard InChI is InChI=1S/C41H50N9O3P/c1-30(2)50(31(3)4)54(51-24-16-23-42)52-26-36-35(25-37(53-36)49-29-45-38-39(46-28-48(5)6)43-27-44-40(38)49)47-41(32-17-10-7-11-18-32,33-19-12-8-13-20-33)34-21-14-9-15-22-34/h7-15,17-22,27-31,35-37,47H,16,24-26H2,1-6H3. The predicted octanol–water partition coefficient (Wildman–Crippen LogP) is 7.58. The molecule has 4 unspecified atom stereocenters. The third-order valence-corrected chi connectivity index (χ3v) is 11.4. The van der Waals surface area contributed by atoms with Crippen LogP contribution in [0.5, 0.6) is 0 Å². The number of benzene rings is 3. The molecule has 0 saturated carbocycles. The molecule has 1 saturated heterocycles. The zero-order chi connectivity index (χ0) is 38.1. The van der Waals surface area contributed by atoms with Gasteiger partial charge in [0.2, 0.25) is 0 Å². The highest BCUT2D eigenvalue weighted by atomic mass is 31.2. The maximum atomic E-state index is 9.30. The second-order valence-corrected chi connectivity index (χ2v) is 15.5. The fourth-order valence-corrected chi connectivity index (χ4v) is 8.68. The summed E-state index contributed by atoms with van der Waals surface area (Å²) < 4.78 is 24.3. The van der Waals surface area contributed by atoms with E-state index in [-0.39, 0.29) is 37.8 Å². The van der Waals surface area contributed by atoms with E-state index in [0.29, 0.717) is 23.4 Å².